The van der Waals surface area contributed by atoms with Gasteiger partial charge in [0.05, 0.1) is 18.0 Å². The summed E-state index contributed by atoms with van der Waals surface area (Å²) in [4.78, 5) is 40.5. The lowest BCUT2D eigenvalue weighted by atomic mass is 9.90. The molecule has 3 aromatic rings. The lowest BCUT2D eigenvalue weighted by Crippen LogP contribution is -2.31. The molecule has 0 bridgehead atoms. The third-order valence-corrected chi connectivity index (χ3v) is 6.98. The fourth-order valence-corrected chi connectivity index (χ4v) is 5.39. The minimum Gasteiger partial charge on any atom is -0.502 e. The highest BCUT2D eigenvalue weighted by Crippen LogP contribution is 2.34. The second-order valence-corrected chi connectivity index (χ2v) is 9.36. The molecule has 1 atom stereocenters. The molecule has 0 radical (unpaired) electrons. The van der Waals surface area contributed by atoms with E-state index in [-0.39, 0.29) is 17.7 Å². The van der Waals surface area contributed by atoms with Crippen molar-refractivity contribution in [2.75, 3.05) is 13.1 Å². The molecule has 8 heteroatoms. The van der Waals surface area contributed by atoms with Gasteiger partial charge in [-0.2, -0.15) is 0 Å². The molecule has 2 aliphatic heterocycles. The molecular formula is C26H29N3O5. The van der Waals surface area contributed by atoms with Crippen LogP contribution in [0.3, 0.4) is 0 Å². The van der Waals surface area contributed by atoms with Gasteiger partial charge in [-0.1, -0.05) is 24.6 Å². The highest BCUT2D eigenvalue weighted by Gasteiger charge is 2.30. The molecule has 2 aromatic heterocycles. The van der Waals surface area contributed by atoms with Gasteiger partial charge in [0.1, 0.15) is 5.76 Å². The molecule has 1 fully saturated rings. The van der Waals surface area contributed by atoms with Gasteiger partial charge in [-0.15, -0.1) is 0 Å². The number of benzene rings is 1. The number of hydrogen-bond donors (Lipinski definition) is 2. The van der Waals surface area contributed by atoms with Crippen molar-refractivity contribution in [2.24, 2.45) is 5.73 Å². The number of likely N-dealkylation sites (tertiary alicyclic amines) is 1. The largest absolute Gasteiger partial charge is 0.502 e. The van der Waals surface area contributed by atoms with Crippen LogP contribution >= 0.6 is 0 Å². The SMILES string of the molecule is NC(=O)CC(c1oc(CN2CCCCC2)cc(=O)c1O)c1cc2cccc3c2n(c1=O)CCC3. The molecule has 0 aliphatic carbocycles. The maximum Gasteiger partial charge on any atom is 0.255 e. The van der Waals surface area contributed by atoms with E-state index in [0.717, 1.165) is 55.2 Å². The molecule has 0 spiro atoms. The monoisotopic (exact) mass is 463 g/mol. The lowest BCUT2D eigenvalue weighted by Gasteiger charge is -2.26. The minimum atomic E-state index is -0.960. The van der Waals surface area contributed by atoms with Crippen molar-refractivity contribution in [3.05, 3.63) is 73.6 Å². The fourth-order valence-electron chi connectivity index (χ4n) is 5.39. The van der Waals surface area contributed by atoms with Crippen LogP contribution < -0.4 is 16.7 Å². The Labute approximate surface area is 196 Å². The van der Waals surface area contributed by atoms with E-state index >= 15 is 0 Å². The predicted molar refractivity (Wildman–Crippen MR) is 128 cm³/mol. The van der Waals surface area contributed by atoms with Crippen LogP contribution in [0.15, 0.2) is 44.3 Å². The van der Waals surface area contributed by atoms with Gasteiger partial charge >= 0.3 is 0 Å². The molecule has 1 saturated heterocycles. The summed E-state index contributed by atoms with van der Waals surface area (Å²) >= 11 is 0. The van der Waals surface area contributed by atoms with Gasteiger partial charge < -0.3 is 19.8 Å². The second-order valence-electron chi connectivity index (χ2n) is 9.36. The molecule has 5 rings (SSSR count). The third-order valence-electron chi connectivity index (χ3n) is 6.98. The minimum absolute atomic E-state index is 0.0745. The predicted octanol–water partition coefficient (Wildman–Crippen LogP) is 2.60. The Hall–Kier alpha value is -3.39. The van der Waals surface area contributed by atoms with Gasteiger partial charge in [0.2, 0.25) is 17.1 Å². The number of aromatic hydroxyl groups is 1. The lowest BCUT2D eigenvalue weighted by molar-refractivity contribution is -0.118. The number of carbonyl (C=O) groups excluding carboxylic acids is 1. The van der Waals surface area contributed by atoms with Crippen LogP contribution in [0.5, 0.6) is 5.75 Å². The first-order valence-corrected chi connectivity index (χ1v) is 11.9. The number of aromatic nitrogens is 1. The van der Waals surface area contributed by atoms with E-state index in [1.807, 2.05) is 18.2 Å². The van der Waals surface area contributed by atoms with Crippen LogP contribution in [0.25, 0.3) is 10.9 Å². The molecule has 34 heavy (non-hydrogen) atoms. The van der Waals surface area contributed by atoms with Crippen LogP contribution in [0.1, 0.15) is 60.7 Å². The number of carbonyl (C=O) groups is 1. The zero-order valence-corrected chi connectivity index (χ0v) is 19.1. The Bertz CT molecular complexity index is 1370. The molecule has 1 aromatic carbocycles. The van der Waals surface area contributed by atoms with Gasteiger partial charge in [0.15, 0.2) is 5.76 Å². The Balaban J connectivity index is 1.65. The zero-order valence-electron chi connectivity index (χ0n) is 19.1. The summed E-state index contributed by atoms with van der Waals surface area (Å²) in [6.07, 6.45) is 4.81. The highest BCUT2D eigenvalue weighted by molar-refractivity contribution is 5.84. The summed E-state index contributed by atoms with van der Waals surface area (Å²) in [7, 11) is 0. The van der Waals surface area contributed by atoms with Gasteiger partial charge in [-0.3, -0.25) is 19.3 Å². The number of rotatable bonds is 6. The van der Waals surface area contributed by atoms with Crippen LogP contribution in [0, 0.1) is 0 Å². The van der Waals surface area contributed by atoms with Crippen LogP contribution in [-0.2, 0) is 24.3 Å². The smallest absolute Gasteiger partial charge is 0.255 e. The molecule has 178 valence electrons. The Morgan fingerprint density at radius 1 is 1.09 bits per heavy atom. The molecule has 4 heterocycles. The molecule has 1 amide bonds. The van der Waals surface area contributed by atoms with Crippen molar-refractivity contribution >= 4 is 16.8 Å². The van der Waals surface area contributed by atoms with E-state index in [1.165, 1.54) is 12.5 Å². The van der Waals surface area contributed by atoms with E-state index < -0.39 is 23.0 Å². The second kappa shape index (κ2) is 9.10. The van der Waals surface area contributed by atoms with Crippen LogP contribution in [-0.4, -0.2) is 33.6 Å². The van der Waals surface area contributed by atoms with E-state index in [2.05, 4.69) is 4.90 Å². The molecule has 8 nitrogen and oxygen atoms in total. The first-order valence-electron chi connectivity index (χ1n) is 11.9. The maximum atomic E-state index is 13.6. The molecule has 3 N–H and O–H groups in total. The summed E-state index contributed by atoms with van der Waals surface area (Å²) in [5.41, 5.74) is 7.00. The third kappa shape index (κ3) is 4.14. The number of piperidine rings is 1. The van der Waals surface area contributed by atoms with Gasteiger partial charge in [-0.05, 0) is 55.8 Å². The number of para-hydroxylation sites is 1. The summed E-state index contributed by atoms with van der Waals surface area (Å²) in [5, 5.41) is 11.5. The first-order chi connectivity index (χ1) is 16.4. The average Bonchev–Trinajstić information content (AvgIpc) is 2.83. The topological polar surface area (TPSA) is 119 Å². The zero-order chi connectivity index (χ0) is 23.8. The van der Waals surface area contributed by atoms with E-state index in [0.29, 0.717) is 24.4 Å². The number of hydrogen-bond acceptors (Lipinski definition) is 6. The van der Waals surface area contributed by atoms with Crippen molar-refractivity contribution in [3.63, 3.8) is 0 Å². The van der Waals surface area contributed by atoms with Gasteiger partial charge in [-0.25, -0.2) is 0 Å². The Morgan fingerprint density at radius 3 is 2.65 bits per heavy atom. The van der Waals surface area contributed by atoms with Crippen molar-refractivity contribution < 1.29 is 14.3 Å². The van der Waals surface area contributed by atoms with Crippen LogP contribution in [0.4, 0.5) is 0 Å². The summed E-state index contributed by atoms with van der Waals surface area (Å²) in [6.45, 7) is 2.80. The quantitative estimate of drug-likeness (QED) is 0.580. The maximum absolute atomic E-state index is 13.6. The van der Waals surface area contributed by atoms with E-state index in [4.69, 9.17) is 10.2 Å². The summed E-state index contributed by atoms with van der Waals surface area (Å²) < 4.78 is 7.77. The standard InChI is InChI=1S/C26H29N3O5/c27-22(31)14-19(20-12-17-7-4-6-16-8-5-11-29(23(16)17)26(20)33)25-24(32)21(30)13-18(34-25)15-28-9-2-1-3-10-28/h4,6-7,12-13,19,32H,1-3,5,8-11,14-15H2,(H2,27,31). The molecular weight excluding hydrogens is 434 g/mol. The number of amides is 1. The number of aryl methyl sites for hydroxylation is 2. The van der Waals surface area contributed by atoms with E-state index in [9.17, 15) is 19.5 Å². The number of nitrogens with zero attached hydrogens (tertiary/aromatic N) is 2. The summed E-state index contributed by atoms with van der Waals surface area (Å²) in [6, 6.07) is 8.92. The van der Waals surface area contributed by atoms with Gasteiger partial charge in [0.25, 0.3) is 5.56 Å². The molecule has 1 unspecified atom stereocenters. The molecule has 0 saturated carbocycles. The normalized spacial score (nSPS) is 17.1. The molecule has 2 aliphatic rings. The fraction of sp³-hybridized carbons (Fsp3) is 0.423. The first kappa shape index (κ1) is 22.4. The average molecular weight is 464 g/mol. The highest BCUT2D eigenvalue weighted by atomic mass is 16.4. The van der Waals surface area contributed by atoms with Crippen molar-refractivity contribution in [2.45, 2.75) is 57.5 Å². The van der Waals surface area contributed by atoms with Crippen molar-refractivity contribution in [1.29, 1.82) is 0 Å². The van der Waals surface area contributed by atoms with E-state index in [1.54, 1.807) is 10.6 Å². The van der Waals surface area contributed by atoms with Crippen molar-refractivity contribution in [3.8, 4) is 5.75 Å². The Kier molecular flexibility index (Phi) is 6.00. The van der Waals surface area contributed by atoms with Gasteiger partial charge in [0, 0.05) is 24.6 Å². The van der Waals surface area contributed by atoms with Crippen molar-refractivity contribution in [1.82, 2.24) is 9.47 Å². The number of primary amides is 1. The number of nitrogens with two attached hydrogens (primary N) is 1. The number of pyridine rings is 1. The van der Waals surface area contributed by atoms with Crippen LogP contribution in [0.2, 0.25) is 0 Å². The Morgan fingerprint density at radius 2 is 1.88 bits per heavy atom. The summed E-state index contributed by atoms with van der Waals surface area (Å²) in [5.74, 6) is -1.87.